The number of esters is 1. The standard InChI is InChI=1S/C15H13N3O3S/c1-21-15(20)10-4-2-5-11(8-10)18-14(12(9-19)16-17-18)13-6-3-7-22-13/h2-8,19H,9H2,1H3. The second-order valence-corrected chi connectivity index (χ2v) is 5.42. The molecule has 0 amide bonds. The Bertz CT molecular complexity index is 796. The first kappa shape index (κ1) is 14.4. The van der Waals surface area contributed by atoms with E-state index in [-0.39, 0.29) is 6.61 Å². The molecular weight excluding hydrogens is 302 g/mol. The van der Waals surface area contributed by atoms with E-state index in [1.165, 1.54) is 18.4 Å². The molecule has 22 heavy (non-hydrogen) atoms. The predicted octanol–water partition coefficient (Wildman–Crippen LogP) is 2.27. The fourth-order valence-corrected chi connectivity index (χ4v) is 2.92. The van der Waals surface area contributed by atoms with Gasteiger partial charge in [0.25, 0.3) is 0 Å². The Balaban J connectivity index is 2.13. The largest absolute Gasteiger partial charge is 0.465 e. The molecule has 7 heteroatoms. The lowest BCUT2D eigenvalue weighted by Gasteiger charge is -2.07. The zero-order valence-electron chi connectivity index (χ0n) is 11.8. The fourth-order valence-electron chi connectivity index (χ4n) is 2.14. The van der Waals surface area contributed by atoms with Gasteiger partial charge in [0.2, 0.25) is 0 Å². The minimum Gasteiger partial charge on any atom is -0.465 e. The van der Waals surface area contributed by atoms with Crippen LogP contribution in [-0.4, -0.2) is 33.2 Å². The molecule has 0 saturated carbocycles. The van der Waals surface area contributed by atoms with E-state index < -0.39 is 5.97 Å². The smallest absolute Gasteiger partial charge is 0.337 e. The number of hydrogen-bond acceptors (Lipinski definition) is 6. The Hall–Kier alpha value is -2.51. The van der Waals surface area contributed by atoms with Gasteiger partial charge in [-0.3, -0.25) is 0 Å². The normalized spacial score (nSPS) is 10.6. The number of aromatic nitrogens is 3. The first-order valence-corrected chi connectivity index (χ1v) is 7.40. The number of nitrogens with zero attached hydrogens (tertiary/aromatic N) is 3. The highest BCUT2D eigenvalue weighted by Crippen LogP contribution is 2.29. The maximum atomic E-state index is 11.7. The fraction of sp³-hybridized carbons (Fsp3) is 0.133. The summed E-state index contributed by atoms with van der Waals surface area (Å²) in [7, 11) is 1.34. The van der Waals surface area contributed by atoms with Gasteiger partial charge in [-0.2, -0.15) is 0 Å². The Morgan fingerprint density at radius 2 is 2.23 bits per heavy atom. The summed E-state index contributed by atoms with van der Waals surface area (Å²) in [5.74, 6) is -0.415. The van der Waals surface area contributed by atoms with Crippen LogP contribution in [0.5, 0.6) is 0 Å². The number of aliphatic hydroxyl groups excluding tert-OH is 1. The van der Waals surface area contributed by atoms with Crippen LogP contribution in [0.15, 0.2) is 41.8 Å². The summed E-state index contributed by atoms with van der Waals surface area (Å²) in [6, 6.07) is 10.8. The van der Waals surface area contributed by atoms with Crippen LogP contribution < -0.4 is 0 Å². The third-order valence-corrected chi connectivity index (χ3v) is 4.03. The zero-order chi connectivity index (χ0) is 15.5. The maximum Gasteiger partial charge on any atom is 0.337 e. The summed E-state index contributed by atoms with van der Waals surface area (Å²) >= 11 is 1.53. The number of thiophene rings is 1. The summed E-state index contributed by atoms with van der Waals surface area (Å²) in [5.41, 5.74) is 2.32. The Labute approximate surface area is 130 Å². The first-order valence-electron chi connectivity index (χ1n) is 6.52. The van der Waals surface area contributed by atoms with Gasteiger partial charge < -0.3 is 9.84 Å². The maximum absolute atomic E-state index is 11.7. The Morgan fingerprint density at radius 3 is 2.91 bits per heavy atom. The van der Waals surface area contributed by atoms with Gasteiger partial charge in [-0.05, 0) is 29.6 Å². The number of carbonyl (C=O) groups is 1. The number of ether oxygens (including phenoxy) is 1. The molecule has 0 bridgehead atoms. The Kier molecular flexibility index (Phi) is 3.99. The van der Waals surface area contributed by atoms with Crippen molar-refractivity contribution < 1.29 is 14.6 Å². The average molecular weight is 315 g/mol. The summed E-state index contributed by atoms with van der Waals surface area (Å²) in [4.78, 5) is 12.6. The van der Waals surface area contributed by atoms with Crippen molar-refractivity contribution in [1.82, 2.24) is 15.0 Å². The summed E-state index contributed by atoms with van der Waals surface area (Å²) in [6.45, 7) is -0.204. The van der Waals surface area contributed by atoms with E-state index in [1.54, 1.807) is 22.9 Å². The molecule has 1 aromatic carbocycles. The van der Waals surface area contributed by atoms with E-state index in [1.807, 2.05) is 23.6 Å². The molecule has 0 aliphatic rings. The number of hydrogen-bond donors (Lipinski definition) is 1. The second-order valence-electron chi connectivity index (χ2n) is 4.47. The second kappa shape index (κ2) is 6.08. The van der Waals surface area contributed by atoms with Crippen LogP contribution in [0.1, 0.15) is 16.1 Å². The highest BCUT2D eigenvalue weighted by atomic mass is 32.1. The molecule has 1 N–H and O–H groups in total. The summed E-state index contributed by atoms with van der Waals surface area (Å²) in [5, 5.41) is 19.5. The van der Waals surface area contributed by atoms with Crippen molar-refractivity contribution in [3.8, 4) is 16.3 Å². The molecule has 112 valence electrons. The molecule has 3 rings (SSSR count). The van der Waals surface area contributed by atoms with Crippen LogP contribution in [0.2, 0.25) is 0 Å². The molecule has 3 aromatic rings. The van der Waals surface area contributed by atoms with E-state index in [2.05, 4.69) is 10.3 Å². The monoisotopic (exact) mass is 315 g/mol. The van der Waals surface area contributed by atoms with Gasteiger partial charge in [-0.25, -0.2) is 9.48 Å². The zero-order valence-corrected chi connectivity index (χ0v) is 12.6. The molecule has 6 nitrogen and oxygen atoms in total. The lowest BCUT2D eigenvalue weighted by molar-refractivity contribution is 0.0600. The van der Waals surface area contributed by atoms with Crippen LogP contribution in [0.25, 0.3) is 16.3 Å². The molecule has 0 saturated heterocycles. The molecule has 0 aliphatic carbocycles. The van der Waals surface area contributed by atoms with Gasteiger partial charge in [-0.1, -0.05) is 17.3 Å². The third-order valence-electron chi connectivity index (χ3n) is 3.16. The van der Waals surface area contributed by atoms with E-state index in [0.29, 0.717) is 16.9 Å². The van der Waals surface area contributed by atoms with Crippen LogP contribution in [0, 0.1) is 0 Å². The minimum atomic E-state index is -0.415. The van der Waals surface area contributed by atoms with Gasteiger partial charge in [0.05, 0.1) is 29.8 Å². The molecule has 0 atom stereocenters. The van der Waals surface area contributed by atoms with Crippen molar-refractivity contribution in [3.63, 3.8) is 0 Å². The lowest BCUT2D eigenvalue weighted by atomic mass is 10.2. The van der Waals surface area contributed by atoms with Gasteiger partial charge >= 0.3 is 5.97 Å². The third kappa shape index (κ3) is 2.51. The number of carbonyl (C=O) groups excluding carboxylic acids is 1. The highest BCUT2D eigenvalue weighted by Gasteiger charge is 2.17. The molecule has 0 spiro atoms. The topological polar surface area (TPSA) is 77.2 Å². The molecule has 2 heterocycles. The Morgan fingerprint density at radius 1 is 1.36 bits per heavy atom. The van der Waals surface area contributed by atoms with Crippen molar-refractivity contribution in [2.45, 2.75) is 6.61 Å². The van der Waals surface area contributed by atoms with E-state index in [0.717, 1.165) is 10.6 Å². The van der Waals surface area contributed by atoms with Crippen molar-refractivity contribution >= 4 is 17.3 Å². The van der Waals surface area contributed by atoms with E-state index in [9.17, 15) is 9.90 Å². The quantitative estimate of drug-likeness (QED) is 0.747. The van der Waals surface area contributed by atoms with E-state index >= 15 is 0 Å². The highest BCUT2D eigenvalue weighted by molar-refractivity contribution is 7.13. The molecule has 2 aromatic heterocycles. The van der Waals surface area contributed by atoms with Crippen LogP contribution in [0.3, 0.4) is 0 Å². The number of benzene rings is 1. The van der Waals surface area contributed by atoms with Crippen molar-refractivity contribution in [2.75, 3.05) is 7.11 Å². The van der Waals surface area contributed by atoms with Crippen LogP contribution in [0.4, 0.5) is 0 Å². The number of methoxy groups -OCH3 is 1. The van der Waals surface area contributed by atoms with Gasteiger partial charge in [0.15, 0.2) is 0 Å². The van der Waals surface area contributed by atoms with Crippen molar-refractivity contribution in [1.29, 1.82) is 0 Å². The number of aliphatic hydroxyl groups is 1. The number of rotatable bonds is 4. The molecule has 0 fully saturated rings. The predicted molar refractivity (Wildman–Crippen MR) is 81.9 cm³/mol. The van der Waals surface area contributed by atoms with Gasteiger partial charge in [0.1, 0.15) is 11.4 Å². The van der Waals surface area contributed by atoms with Crippen LogP contribution in [-0.2, 0) is 11.3 Å². The summed E-state index contributed by atoms with van der Waals surface area (Å²) in [6.07, 6.45) is 0. The molecule has 0 radical (unpaired) electrons. The van der Waals surface area contributed by atoms with Crippen molar-refractivity contribution in [2.24, 2.45) is 0 Å². The van der Waals surface area contributed by atoms with Gasteiger partial charge in [-0.15, -0.1) is 16.4 Å². The average Bonchev–Trinajstić information content (AvgIpc) is 3.22. The lowest BCUT2D eigenvalue weighted by Crippen LogP contribution is -2.04. The van der Waals surface area contributed by atoms with Gasteiger partial charge in [0, 0.05) is 0 Å². The minimum absolute atomic E-state index is 0.204. The molecular formula is C15H13N3O3S. The summed E-state index contributed by atoms with van der Waals surface area (Å²) < 4.78 is 6.35. The first-order chi connectivity index (χ1) is 10.7. The molecule has 0 unspecified atom stereocenters. The van der Waals surface area contributed by atoms with E-state index in [4.69, 9.17) is 4.74 Å². The van der Waals surface area contributed by atoms with Crippen molar-refractivity contribution in [3.05, 3.63) is 53.0 Å². The molecule has 0 aliphatic heterocycles. The van der Waals surface area contributed by atoms with Crippen LogP contribution >= 0.6 is 11.3 Å². The SMILES string of the molecule is COC(=O)c1cccc(-n2nnc(CO)c2-c2cccs2)c1.